The number of carbonyl (C=O) groups is 1. The van der Waals surface area contributed by atoms with Crippen LogP contribution in [0.2, 0.25) is 0 Å². The molecule has 1 saturated heterocycles. The second kappa shape index (κ2) is 6.00. The molecule has 28 heavy (non-hydrogen) atoms. The van der Waals surface area contributed by atoms with Crippen LogP contribution in [0.4, 0.5) is 0 Å². The summed E-state index contributed by atoms with van der Waals surface area (Å²) in [7, 11) is 1.39. The first-order valence-electron chi connectivity index (χ1n) is 8.95. The number of aromatic hydroxyl groups is 1. The third-order valence-corrected chi connectivity index (χ3v) is 5.94. The van der Waals surface area contributed by atoms with Gasteiger partial charge in [0.05, 0.1) is 25.0 Å². The number of fused-ring (bicyclic) bond motifs is 2. The number of phenolic OH excluding ortho intramolecular Hbond substituents is 1. The summed E-state index contributed by atoms with van der Waals surface area (Å²) in [6.07, 6.45) is 1.59. The largest absolute Gasteiger partial charge is 0.504 e. The molecule has 3 aliphatic rings. The summed E-state index contributed by atoms with van der Waals surface area (Å²) >= 11 is 0. The first kappa shape index (κ1) is 17.9. The summed E-state index contributed by atoms with van der Waals surface area (Å²) in [4.78, 5) is 13.0. The van der Waals surface area contributed by atoms with E-state index in [9.17, 15) is 20.4 Å². The van der Waals surface area contributed by atoms with Gasteiger partial charge in [-0.05, 0) is 42.5 Å². The van der Waals surface area contributed by atoms with Crippen LogP contribution >= 0.6 is 0 Å². The van der Waals surface area contributed by atoms with Gasteiger partial charge in [0.2, 0.25) is 0 Å². The zero-order valence-electron chi connectivity index (χ0n) is 15.2. The van der Waals surface area contributed by atoms with Gasteiger partial charge in [-0.25, -0.2) is 0 Å². The average Bonchev–Trinajstić information content (AvgIpc) is 2.95. The van der Waals surface area contributed by atoms with Crippen molar-refractivity contribution in [3.63, 3.8) is 0 Å². The molecule has 3 unspecified atom stereocenters. The topological polar surface area (TPSA) is 139 Å². The van der Waals surface area contributed by atoms with E-state index in [0.717, 1.165) is 12.8 Å². The maximum Gasteiger partial charge on any atom is 0.252 e. The molecule has 2 heterocycles. The number of rotatable bonds is 2. The summed E-state index contributed by atoms with van der Waals surface area (Å²) in [6, 6.07) is 8.64. The molecule has 3 N–H and O–H groups in total. The number of carbonyl (C=O) groups excluding carboxylic acids is 1. The zero-order chi connectivity index (χ0) is 20.1. The Labute approximate surface area is 161 Å². The van der Waals surface area contributed by atoms with Gasteiger partial charge in [0.1, 0.15) is 5.84 Å². The van der Waals surface area contributed by atoms with Crippen LogP contribution in [0.15, 0.2) is 29.5 Å². The number of ether oxygens (including phenoxy) is 2. The SMILES string of the molecule is COc1cc(C2OC3=C(CCCC3)C3(C#N)C(=O)NC(=N)C23C#N)ccc1O. The molecule has 3 atom stereocenters. The van der Waals surface area contributed by atoms with Crippen molar-refractivity contribution in [1.29, 1.82) is 15.9 Å². The number of nitrogens with one attached hydrogen (secondary N) is 2. The fourth-order valence-electron chi connectivity index (χ4n) is 4.59. The van der Waals surface area contributed by atoms with E-state index < -0.39 is 22.8 Å². The van der Waals surface area contributed by atoms with Gasteiger partial charge in [-0.15, -0.1) is 0 Å². The average molecular weight is 378 g/mol. The fraction of sp³-hybridized carbons (Fsp3) is 0.400. The van der Waals surface area contributed by atoms with Gasteiger partial charge in [-0.2, -0.15) is 10.5 Å². The van der Waals surface area contributed by atoms with Crippen molar-refractivity contribution >= 4 is 11.7 Å². The number of amidine groups is 1. The lowest BCUT2D eigenvalue weighted by molar-refractivity contribution is -0.129. The molecular weight excluding hydrogens is 360 g/mol. The van der Waals surface area contributed by atoms with Crippen LogP contribution < -0.4 is 10.1 Å². The van der Waals surface area contributed by atoms with E-state index in [1.54, 1.807) is 6.07 Å². The predicted octanol–water partition coefficient (Wildman–Crippen LogP) is 2.43. The Balaban J connectivity index is 2.03. The summed E-state index contributed by atoms with van der Waals surface area (Å²) < 4.78 is 11.4. The van der Waals surface area contributed by atoms with Crippen molar-refractivity contribution < 1.29 is 19.4 Å². The van der Waals surface area contributed by atoms with Gasteiger partial charge < -0.3 is 19.9 Å². The molecule has 1 aromatic rings. The highest BCUT2D eigenvalue weighted by Gasteiger charge is 2.74. The van der Waals surface area contributed by atoms with Crippen molar-refractivity contribution in [2.45, 2.75) is 31.8 Å². The Bertz CT molecular complexity index is 1020. The Hall–Kier alpha value is -3.52. The summed E-state index contributed by atoms with van der Waals surface area (Å²) in [5.74, 6) is -0.386. The summed E-state index contributed by atoms with van der Waals surface area (Å²) in [5.41, 5.74) is -2.72. The number of amides is 1. The highest BCUT2D eigenvalue weighted by Crippen LogP contribution is 2.63. The minimum Gasteiger partial charge on any atom is -0.504 e. The lowest BCUT2D eigenvalue weighted by atomic mass is 9.55. The van der Waals surface area contributed by atoms with Crippen LogP contribution in [0.5, 0.6) is 11.5 Å². The fourth-order valence-corrected chi connectivity index (χ4v) is 4.59. The van der Waals surface area contributed by atoms with Crippen molar-refractivity contribution in [2.24, 2.45) is 10.8 Å². The first-order valence-corrected chi connectivity index (χ1v) is 8.95. The molecule has 1 amide bonds. The van der Waals surface area contributed by atoms with Crippen molar-refractivity contribution in [3.8, 4) is 23.6 Å². The molecule has 2 aliphatic heterocycles. The maximum atomic E-state index is 13.0. The number of nitriles is 2. The van der Waals surface area contributed by atoms with Crippen LogP contribution in [-0.2, 0) is 9.53 Å². The number of nitrogens with zero attached hydrogens (tertiary/aromatic N) is 2. The number of hydrogen-bond donors (Lipinski definition) is 3. The Morgan fingerprint density at radius 2 is 2.07 bits per heavy atom. The van der Waals surface area contributed by atoms with Gasteiger partial charge in [0, 0.05) is 6.42 Å². The van der Waals surface area contributed by atoms with Crippen molar-refractivity contribution in [1.82, 2.24) is 5.32 Å². The number of methoxy groups -OCH3 is 1. The van der Waals surface area contributed by atoms with Gasteiger partial charge >= 0.3 is 0 Å². The molecule has 1 fully saturated rings. The van der Waals surface area contributed by atoms with Crippen LogP contribution in [0.3, 0.4) is 0 Å². The molecule has 0 saturated carbocycles. The lowest BCUT2D eigenvalue weighted by Crippen LogP contribution is -2.52. The second-order valence-corrected chi connectivity index (χ2v) is 7.15. The quantitative estimate of drug-likeness (QED) is 0.722. The second-order valence-electron chi connectivity index (χ2n) is 7.15. The molecule has 1 aliphatic carbocycles. The van der Waals surface area contributed by atoms with Crippen molar-refractivity contribution in [3.05, 3.63) is 35.1 Å². The normalized spacial score (nSPS) is 31.0. The molecule has 0 radical (unpaired) electrons. The van der Waals surface area contributed by atoms with Crippen LogP contribution in [0.1, 0.15) is 37.4 Å². The Kier molecular flexibility index (Phi) is 3.83. The van der Waals surface area contributed by atoms with Crippen molar-refractivity contribution in [2.75, 3.05) is 7.11 Å². The van der Waals surface area contributed by atoms with Gasteiger partial charge in [-0.1, -0.05) is 6.07 Å². The molecule has 8 heteroatoms. The minimum atomic E-state index is -1.85. The number of hydrogen-bond acceptors (Lipinski definition) is 7. The highest BCUT2D eigenvalue weighted by molar-refractivity contribution is 6.16. The minimum absolute atomic E-state index is 0.0899. The van der Waals surface area contributed by atoms with E-state index in [4.69, 9.17) is 14.9 Å². The van der Waals surface area contributed by atoms with Gasteiger partial charge in [0.15, 0.2) is 28.4 Å². The Morgan fingerprint density at radius 1 is 1.32 bits per heavy atom. The monoisotopic (exact) mass is 378 g/mol. The molecule has 0 bridgehead atoms. The van der Waals surface area contributed by atoms with Crippen LogP contribution in [0.25, 0.3) is 0 Å². The first-order chi connectivity index (χ1) is 13.5. The lowest BCUT2D eigenvalue weighted by Gasteiger charge is -2.46. The molecule has 142 valence electrons. The van der Waals surface area contributed by atoms with E-state index in [1.165, 1.54) is 19.2 Å². The number of benzene rings is 1. The molecule has 1 aromatic carbocycles. The molecule has 8 nitrogen and oxygen atoms in total. The Morgan fingerprint density at radius 3 is 2.75 bits per heavy atom. The number of phenols is 1. The van der Waals surface area contributed by atoms with E-state index in [0.29, 0.717) is 29.7 Å². The van der Waals surface area contributed by atoms with E-state index in [1.807, 2.05) is 0 Å². The van der Waals surface area contributed by atoms with E-state index >= 15 is 0 Å². The van der Waals surface area contributed by atoms with Crippen LogP contribution in [0, 0.1) is 38.9 Å². The smallest absolute Gasteiger partial charge is 0.252 e. The standard InChI is InChI=1S/C20H18N4O4/c1-27-15-8-11(6-7-13(15)25)16-20(10-22)17(23)24-18(26)19(20,9-21)12-4-2-3-5-14(12)28-16/h6-8,16,25H,2-5H2,1H3,(H2,23,24,26). The van der Waals surface area contributed by atoms with Gasteiger partial charge in [-0.3, -0.25) is 10.2 Å². The molecule has 0 spiro atoms. The predicted molar refractivity (Wildman–Crippen MR) is 95.9 cm³/mol. The summed E-state index contributed by atoms with van der Waals surface area (Å²) in [6.45, 7) is 0. The summed E-state index contributed by atoms with van der Waals surface area (Å²) in [5, 5.41) is 41.2. The van der Waals surface area contributed by atoms with E-state index in [-0.39, 0.29) is 17.3 Å². The zero-order valence-corrected chi connectivity index (χ0v) is 15.2. The van der Waals surface area contributed by atoms with E-state index in [2.05, 4.69) is 17.5 Å². The number of allylic oxidation sites excluding steroid dienone is 1. The molecule has 4 rings (SSSR count). The molecular formula is C20H18N4O4. The van der Waals surface area contributed by atoms with Gasteiger partial charge in [0.25, 0.3) is 5.91 Å². The van der Waals surface area contributed by atoms with Crippen LogP contribution in [-0.4, -0.2) is 24.0 Å². The maximum absolute atomic E-state index is 13.0. The third-order valence-electron chi connectivity index (χ3n) is 5.94. The third kappa shape index (κ3) is 1.92. The molecule has 0 aromatic heterocycles. The highest BCUT2D eigenvalue weighted by atomic mass is 16.5.